The Labute approximate surface area is 219 Å². The van der Waals surface area contributed by atoms with Crippen LogP contribution in [0.25, 0.3) is 0 Å². The molecule has 4 rings (SSSR count). The maximum Gasteiger partial charge on any atom is 0.435 e. The Kier molecular flexibility index (Phi) is 7.64. The fourth-order valence-corrected chi connectivity index (χ4v) is 6.22. The highest BCUT2D eigenvalue weighted by atomic mass is 35.5. The van der Waals surface area contributed by atoms with Gasteiger partial charge in [0.1, 0.15) is 5.71 Å². The molecule has 1 unspecified atom stereocenters. The summed E-state index contributed by atoms with van der Waals surface area (Å²) < 4.78 is 43.2. The molecule has 2 aliphatic rings. The summed E-state index contributed by atoms with van der Waals surface area (Å²) in [5.74, 6) is -0.753. The van der Waals surface area contributed by atoms with Crippen molar-refractivity contribution in [3.05, 3.63) is 54.7 Å². The van der Waals surface area contributed by atoms with Crippen LogP contribution in [0.5, 0.6) is 0 Å². The molecule has 2 heterocycles. The molecule has 1 aromatic heterocycles. The van der Waals surface area contributed by atoms with Gasteiger partial charge in [0.2, 0.25) is 0 Å². The number of hydrogen-bond acceptors (Lipinski definition) is 6. The smallest absolute Gasteiger partial charge is 0.374 e. The van der Waals surface area contributed by atoms with Crippen LogP contribution in [0, 0.1) is 11.3 Å². The molecular weight excluding hydrogens is 538 g/mol. The number of ketones is 1. The highest BCUT2D eigenvalue weighted by Gasteiger charge is 2.62. The number of amides is 1. The maximum absolute atomic E-state index is 14.4. The summed E-state index contributed by atoms with van der Waals surface area (Å²) >= 11 is 13.0. The van der Waals surface area contributed by atoms with Crippen LogP contribution >= 0.6 is 34.5 Å². The lowest BCUT2D eigenvalue weighted by atomic mass is 9.85. The van der Waals surface area contributed by atoms with Gasteiger partial charge in [0.05, 0.1) is 28.8 Å². The van der Waals surface area contributed by atoms with Crippen molar-refractivity contribution in [1.29, 1.82) is 5.26 Å². The fraction of sp³-hybridized carbons (Fsp3) is 0.417. The number of oxime groups is 1. The topological polar surface area (TPSA) is 91.6 Å². The number of thiophene rings is 1. The highest BCUT2D eigenvalue weighted by molar-refractivity contribution is 7.16. The van der Waals surface area contributed by atoms with Gasteiger partial charge in [-0.3, -0.25) is 9.59 Å². The molecule has 190 valence electrons. The van der Waals surface area contributed by atoms with Gasteiger partial charge in [-0.2, -0.15) is 18.4 Å². The predicted molar refractivity (Wildman–Crippen MR) is 130 cm³/mol. The fourth-order valence-electron chi connectivity index (χ4n) is 4.40. The average Bonchev–Trinajstić information content (AvgIpc) is 3.43. The minimum Gasteiger partial charge on any atom is -0.374 e. The van der Waals surface area contributed by atoms with Gasteiger partial charge in [0.25, 0.3) is 11.5 Å². The lowest BCUT2D eigenvalue weighted by Gasteiger charge is -2.29. The van der Waals surface area contributed by atoms with Gasteiger partial charge >= 0.3 is 6.18 Å². The molecule has 12 heteroatoms. The number of hydrogen-bond donors (Lipinski definition) is 1. The van der Waals surface area contributed by atoms with E-state index in [2.05, 4.69) is 10.5 Å². The van der Waals surface area contributed by atoms with Crippen LogP contribution in [0.15, 0.2) is 23.4 Å². The monoisotopic (exact) mass is 557 g/mol. The summed E-state index contributed by atoms with van der Waals surface area (Å²) in [6, 6.07) is 5.53. The van der Waals surface area contributed by atoms with Crippen molar-refractivity contribution in [2.75, 3.05) is 6.54 Å². The molecule has 0 saturated carbocycles. The van der Waals surface area contributed by atoms with Crippen molar-refractivity contribution in [3.8, 4) is 6.07 Å². The number of rotatable bonds is 7. The van der Waals surface area contributed by atoms with E-state index in [4.69, 9.17) is 33.3 Å². The number of nitrogens with zero attached hydrogens (tertiary/aromatic N) is 2. The Hall–Kier alpha value is -2.61. The lowest BCUT2D eigenvalue weighted by Crippen LogP contribution is -2.42. The summed E-state index contributed by atoms with van der Waals surface area (Å²) in [5, 5.41) is 15.1. The third-order valence-electron chi connectivity index (χ3n) is 6.17. The molecule has 36 heavy (non-hydrogen) atoms. The van der Waals surface area contributed by atoms with Gasteiger partial charge in [0, 0.05) is 28.5 Å². The summed E-state index contributed by atoms with van der Waals surface area (Å²) in [7, 11) is 0. The predicted octanol–water partition coefficient (Wildman–Crippen LogP) is 6.12. The molecule has 1 aliphatic carbocycles. The first-order valence-electron chi connectivity index (χ1n) is 11.2. The molecule has 1 amide bonds. The van der Waals surface area contributed by atoms with E-state index in [0.29, 0.717) is 22.6 Å². The van der Waals surface area contributed by atoms with Gasteiger partial charge in [-0.05, 0) is 55.0 Å². The second-order valence-corrected chi connectivity index (χ2v) is 10.5. The van der Waals surface area contributed by atoms with E-state index in [1.807, 2.05) is 6.07 Å². The van der Waals surface area contributed by atoms with Crippen LogP contribution in [0.1, 0.15) is 63.3 Å². The largest absolute Gasteiger partial charge is 0.435 e. The van der Waals surface area contributed by atoms with E-state index in [-0.39, 0.29) is 46.5 Å². The number of carbonyl (C=O) groups excluding carboxylic acids is 2. The summed E-state index contributed by atoms with van der Waals surface area (Å²) in [5.41, 5.74) is -1.38. The first-order valence-corrected chi connectivity index (χ1v) is 12.7. The van der Waals surface area contributed by atoms with E-state index in [1.54, 1.807) is 0 Å². The summed E-state index contributed by atoms with van der Waals surface area (Å²) in [4.78, 5) is 30.7. The zero-order chi connectivity index (χ0) is 26.1. The number of carbonyl (C=O) groups is 2. The molecule has 0 fully saturated rings. The van der Waals surface area contributed by atoms with Crippen molar-refractivity contribution in [1.82, 2.24) is 5.32 Å². The highest BCUT2D eigenvalue weighted by Crippen LogP contribution is 2.51. The number of nitrogens with one attached hydrogen (secondary N) is 1. The van der Waals surface area contributed by atoms with E-state index >= 15 is 0 Å². The van der Waals surface area contributed by atoms with Crippen LogP contribution in [-0.4, -0.2) is 30.1 Å². The van der Waals surface area contributed by atoms with Gasteiger partial charge in [0.15, 0.2) is 5.78 Å². The SMILES string of the molecule is N#CCCC(=O)CNC(=O)c1sc(C2=NOC(c3cc(Cl)cc(Cl)c3)(C(F)(F)F)C2)c2c1CCCC2. The van der Waals surface area contributed by atoms with Crippen molar-refractivity contribution in [2.24, 2.45) is 5.16 Å². The van der Waals surface area contributed by atoms with Gasteiger partial charge in [-0.25, -0.2) is 0 Å². The lowest BCUT2D eigenvalue weighted by molar-refractivity contribution is -0.275. The normalized spacial score (nSPS) is 19.2. The van der Waals surface area contributed by atoms with Crippen molar-refractivity contribution < 1.29 is 27.6 Å². The first-order chi connectivity index (χ1) is 17.1. The Bertz CT molecular complexity index is 1270. The number of benzene rings is 1. The molecule has 1 aliphatic heterocycles. The molecule has 0 saturated heterocycles. The standard InChI is InChI=1S/C24H20Cl2F3N3O3S/c25-14-8-13(9-15(26)10-14)23(24(27,28)29)11-19(32-35-23)20-17-5-1-2-6-18(17)21(36-20)22(34)31-12-16(33)4-3-7-30/h8-10H,1-6,11-12H2,(H,31,34). The third kappa shape index (κ3) is 5.10. The molecule has 0 bridgehead atoms. The number of fused-ring (bicyclic) bond motifs is 1. The molecule has 0 radical (unpaired) electrons. The molecule has 6 nitrogen and oxygen atoms in total. The molecule has 0 spiro atoms. The Morgan fingerprint density at radius 3 is 2.47 bits per heavy atom. The van der Waals surface area contributed by atoms with Crippen molar-refractivity contribution in [2.45, 2.75) is 56.7 Å². The van der Waals surface area contributed by atoms with Gasteiger partial charge in [-0.15, -0.1) is 11.3 Å². The minimum absolute atomic E-state index is 0.0335. The third-order valence-corrected chi connectivity index (χ3v) is 7.92. The second-order valence-electron chi connectivity index (χ2n) is 8.59. The summed E-state index contributed by atoms with van der Waals surface area (Å²) in [6.07, 6.45) is -2.48. The maximum atomic E-state index is 14.4. The molecular formula is C24H20Cl2F3N3O3S. The van der Waals surface area contributed by atoms with Crippen LogP contribution in [-0.2, 0) is 28.1 Å². The summed E-state index contributed by atoms with van der Waals surface area (Å²) in [6.45, 7) is -0.223. The molecule has 1 N–H and O–H groups in total. The number of nitriles is 1. The number of halogens is 5. The van der Waals surface area contributed by atoms with E-state index in [9.17, 15) is 22.8 Å². The molecule has 1 atom stereocenters. The molecule has 1 aromatic carbocycles. The van der Waals surface area contributed by atoms with Crippen LogP contribution in [0.3, 0.4) is 0 Å². The zero-order valence-corrected chi connectivity index (χ0v) is 21.1. The van der Waals surface area contributed by atoms with Crippen LogP contribution in [0.4, 0.5) is 13.2 Å². The Balaban J connectivity index is 1.65. The van der Waals surface area contributed by atoms with Gasteiger partial charge in [-0.1, -0.05) is 28.4 Å². The first kappa shape index (κ1) is 26.5. The average molecular weight is 558 g/mol. The van der Waals surface area contributed by atoms with E-state index in [0.717, 1.165) is 47.4 Å². The van der Waals surface area contributed by atoms with Crippen molar-refractivity contribution >= 4 is 51.9 Å². The molecule has 2 aromatic rings. The van der Waals surface area contributed by atoms with Crippen LogP contribution in [0.2, 0.25) is 10.0 Å². The van der Waals surface area contributed by atoms with Gasteiger partial charge < -0.3 is 10.2 Å². The number of Topliss-reactive ketones (excluding diaryl/α,β-unsaturated/α-hetero) is 1. The second kappa shape index (κ2) is 10.4. The minimum atomic E-state index is -4.83. The van der Waals surface area contributed by atoms with E-state index in [1.165, 1.54) is 6.07 Å². The van der Waals surface area contributed by atoms with E-state index < -0.39 is 24.1 Å². The zero-order valence-electron chi connectivity index (χ0n) is 18.8. The Morgan fingerprint density at radius 2 is 1.83 bits per heavy atom. The Morgan fingerprint density at radius 1 is 1.17 bits per heavy atom. The quantitative estimate of drug-likeness (QED) is 0.444. The van der Waals surface area contributed by atoms with Crippen molar-refractivity contribution in [3.63, 3.8) is 0 Å². The number of alkyl halides is 3. The van der Waals surface area contributed by atoms with Crippen LogP contribution < -0.4 is 5.32 Å².